The van der Waals surface area contributed by atoms with E-state index in [9.17, 15) is 9.59 Å². The van der Waals surface area contributed by atoms with Crippen molar-refractivity contribution in [2.45, 2.75) is 13.8 Å². The number of carbonyl (C=O) groups is 2. The van der Waals surface area contributed by atoms with E-state index in [1.807, 2.05) is 10.0 Å². The smallest absolute Gasteiger partial charge is 0.413 e. The van der Waals surface area contributed by atoms with E-state index in [0.717, 1.165) is 0 Å². The Morgan fingerprint density at radius 2 is 1.17 bits per heavy atom. The summed E-state index contributed by atoms with van der Waals surface area (Å²) in [6.45, 7) is 6.47. The Labute approximate surface area is 151 Å². The summed E-state index contributed by atoms with van der Waals surface area (Å²) in [6.07, 6.45) is -1.18. The summed E-state index contributed by atoms with van der Waals surface area (Å²) in [7, 11) is 0. The molecule has 1 heterocycles. The van der Waals surface area contributed by atoms with Crippen molar-refractivity contribution in [3.63, 3.8) is 0 Å². The molecule has 136 valence electrons. The zero-order valence-corrected chi connectivity index (χ0v) is 15.2. The highest BCUT2D eigenvalue weighted by molar-refractivity contribution is 7.80. The average Bonchev–Trinajstić information content (AvgIpc) is 2.49. The second-order valence-corrected chi connectivity index (χ2v) is 5.36. The molecule has 0 atom stereocenters. The van der Waals surface area contributed by atoms with E-state index in [-0.39, 0.29) is 23.4 Å². The zero-order valence-electron chi connectivity index (χ0n) is 13.6. The average molecular weight is 378 g/mol. The van der Waals surface area contributed by atoms with Gasteiger partial charge in [0.25, 0.3) is 0 Å². The zero-order chi connectivity index (χ0) is 17.9. The lowest BCUT2D eigenvalue weighted by Gasteiger charge is -2.35. The Kier molecular flexibility index (Phi) is 9.22. The largest absolute Gasteiger partial charge is 0.450 e. The molecule has 1 fully saturated rings. The SMILES string of the molecule is CCOC(=O)NC(=S)NN1CCN(NC(=S)NC(=O)OCC)CC1. The quantitative estimate of drug-likeness (QED) is 0.486. The number of thiocarbonyl (C=S) groups is 2. The summed E-state index contributed by atoms with van der Waals surface area (Å²) in [5, 5.41) is 8.88. The van der Waals surface area contributed by atoms with Crippen LogP contribution in [-0.4, -0.2) is 71.8 Å². The number of hydrogen-bond donors (Lipinski definition) is 4. The van der Waals surface area contributed by atoms with Crippen LogP contribution >= 0.6 is 24.4 Å². The molecule has 10 nitrogen and oxygen atoms in total. The molecular weight excluding hydrogens is 356 g/mol. The standard InChI is InChI=1S/C12H22N6O4S2/c1-3-21-11(19)13-9(23)15-17-5-7-18(8-6-17)16-10(24)14-12(20)22-4-2/h3-8H2,1-2H3,(H2,13,15,19,23)(H2,14,16,20,24). The van der Waals surface area contributed by atoms with Crippen LogP contribution in [0.4, 0.5) is 9.59 Å². The molecule has 0 bridgehead atoms. The van der Waals surface area contributed by atoms with E-state index >= 15 is 0 Å². The highest BCUT2D eigenvalue weighted by Crippen LogP contribution is 1.96. The van der Waals surface area contributed by atoms with Gasteiger partial charge in [-0.05, 0) is 38.3 Å². The van der Waals surface area contributed by atoms with Crippen LogP contribution in [0.3, 0.4) is 0 Å². The number of alkyl carbamates (subject to hydrolysis) is 2. The first kappa shape index (κ1) is 20.3. The number of amides is 2. The summed E-state index contributed by atoms with van der Waals surface area (Å²) in [6, 6.07) is 0. The summed E-state index contributed by atoms with van der Waals surface area (Å²) >= 11 is 10.0. The number of ether oxygens (including phenoxy) is 2. The molecule has 0 spiro atoms. The van der Waals surface area contributed by atoms with Gasteiger partial charge in [-0.1, -0.05) is 0 Å². The maximum atomic E-state index is 11.2. The minimum Gasteiger partial charge on any atom is -0.450 e. The van der Waals surface area contributed by atoms with Crippen LogP contribution in [0.25, 0.3) is 0 Å². The first-order valence-corrected chi connectivity index (χ1v) is 8.24. The van der Waals surface area contributed by atoms with E-state index < -0.39 is 12.2 Å². The second-order valence-electron chi connectivity index (χ2n) is 4.55. The third-order valence-corrected chi connectivity index (χ3v) is 3.17. The van der Waals surface area contributed by atoms with Crippen molar-refractivity contribution < 1.29 is 19.1 Å². The fourth-order valence-corrected chi connectivity index (χ4v) is 2.22. The second kappa shape index (κ2) is 10.9. The third kappa shape index (κ3) is 8.19. The van der Waals surface area contributed by atoms with Gasteiger partial charge in [0.1, 0.15) is 0 Å². The lowest BCUT2D eigenvalue weighted by molar-refractivity contribution is 0.0926. The summed E-state index contributed by atoms with van der Waals surface area (Å²) < 4.78 is 9.48. The Bertz CT molecular complexity index is 428. The van der Waals surface area contributed by atoms with E-state index in [2.05, 4.69) is 21.5 Å². The Morgan fingerprint density at radius 3 is 1.46 bits per heavy atom. The first-order valence-electron chi connectivity index (χ1n) is 7.43. The van der Waals surface area contributed by atoms with Gasteiger partial charge >= 0.3 is 12.2 Å². The molecule has 0 radical (unpaired) electrons. The van der Waals surface area contributed by atoms with E-state index in [0.29, 0.717) is 26.2 Å². The lowest BCUT2D eigenvalue weighted by atomic mass is 10.4. The van der Waals surface area contributed by atoms with Gasteiger partial charge in [0.05, 0.1) is 13.2 Å². The molecule has 1 aliphatic rings. The highest BCUT2D eigenvalue weighted by Gasteiger charge is 2.19. The van der Waals surface area contributed by atoms with Crippen LogP contribution in [0.15, 0.2) is 0 Å². The van der Waals surface area contributed by atoms with Crippen LogP contribution in [0.2, 0.25) is 0 Å². The molecular formula is C12H22N6O4S2. The fourth-order valence-electron chi connectivity index (χ4n) is 1.79. The molecule has 1 saturated heterocycles. The van der Waals surface area contributed by atoms with Gasteiger partial charge in [-0.2, -0.15) is 0 Å². The fraction of sp³-hybridized carbons (Fsp3) is 0.667. The van der Waals surface area contributed by atoms with Gasteiger partial charge in [0.2, 0.25) is 0 Å². The van der Waals surface area contributed by atoms with Crippen LogP contribution < -0.4 is 21.5 Å². The van der Waals surface area contributed by atoms with Crippen LogP contribution in [0.1, 0.15) is 13.8 Å². The van der Waals surface area contributed by atoms with Crippen LogP contribution in [0, 0.1) is 0 Å². The molecule has 1 aliphatic heterocycles. The van der Waals surface area contributed by atoms with Crippen molar-refractivity contribution in [3.05, 3.63) is 0 Å². The monoisotopic (exact) mass is 378 g/mol. The lowest BCUT2D eigenvalue weighted by Crippen LogP contribution is -2.60. The molecule has 12 heteroatoms. The Morgan fingerprint density at radius 1 is 0.833 bits per heavy atom. The number of carbonyl (C=O) groups excluding carboxylic acids is 2. The van der Waals surface area contributed by atoms with Crippen molar-refractivity contribution >= 4 is 46.8 Å². The minimum atomic E-state index is -0.592. The Hall–Kier alpha value is -1.76. The molecule has 0 aromatic rings. The molecule has 2 amide bonds. The van der Waals surface area contributed by atoms with Crippen molar-refractivity contribution in [1.82, 2.24) is 31.5 Å². The first-order chi connectivity index (χ1) is 11.4. The van der Waals surface area contributed by atoms with E-state index in [1.165, 1.54) is 0 Å². The number of rotatable bonds is 4. The number of nitrogens with zero attached hydrogens (tertiary/aromatic N) is 2. The van der Waals surface area contributed by atoms with Crippen molar-refractivity contribution in [1.29, 1.82) is 0 Å². The van der Waals surface area contributed by atoms with Crippen molar-refractivity contribution in [2.24, 2.45) is 0 Å². The number of piperazine rings is 1. The molecule has 0 aliphatic carbocycles. The van der Waals surface area contributed by atoms with Gasteiger partial charge in [-0.15, -0.1) is 0 Å². The molecule has 1 rings (SSSR count). The van der Waals surface area contributed by atoms with Gasteiger partial charge in [0.15, 0.2) is 10.2 Å². The predicted octanol–water partition coefficient (Wildman–Crippen LogP) is -0.325. The topological polar surface area (TPSA) is 107 Å². The van der Waals surface area contributed by atoms with Gasteiger partial charge in [-0.3, -0.25) is 21.5 Å². The predicted molar refractivity (Wildman–Crippen MR) is 94.9 cm³/mol. The highest BCUT2D eigenvalue weighted by atomic mass is 32.1. The summed E-state index contributed by atoms with van der Waals surface area (Å²) in [4.78, 5) is 22.5. The molecule has 0 aromatic heterocycles. The number of hydrazine groups is 2. The molecule has 0 saturated carbocycles. The van der Waals surface area contributed by atoms with Crippen LogP contribution in [0.5, 0.6) is 0 Å². The normalized spacial score (nSPS) is 15.1. The van der Waals surface area contributed by atoms with E-state index in [4.69, 9.17) is 33.9 Å². The van der Waals surface area contributed by atoms with Gasteiger partial charge < -0.3 is 9.47 Å². The van der Waals surface area contributed by atoms with Crippen molar-refractivity contribution in [3.8, 4) is 0 Å². The summed E-state index contributed by atoms with van der Waals surface area (Å²) in [5.74, 6) is 0. The van der Waals surface area contributed by atoms with Crippen LogP contribution in [-0.2, 0) is 9.47 Å². The maximum absolute atomic E-state index is 11.2. The molecule has 24 heavy (non-hydrogen) atoms. The minimum absolute atomic E-state index is 0.175. The number of nitrogens with one attached hydrogen (secondary N) is 4. The molecule has 4 N–H and O–H groups in total. The van der Waals surface area contributed by atoms with Gasteiger partial charge in [0, 0.05) is 26.2 Å². The van der Waals surface area contributed by atoms with Crippen molar-refractivity contribution in [2.75, 3.05) is 39.4 Å². The number of hydrogen-bond acceptors (Lipinski definition) is 8. The summed E-state index contributed by atoms with van der Waals surface area (Å²) in [5.41, 5.74) is 5.81. The van der Waals surface area contributed by atoms with E-state index in [1.54, 1.807) is 13.8 Å². The molecule has 0 unspecified atom stereocenters. The Balaban J connectivity index is 2.24. The third-order valence-electron chi connectivity index (χ3n) is 2.78. The maximum Gasteiger partial charge on any atom is 0.413 e. The molecule has 0 aromatic carbocycles. The van der Waals surface area contributed by atoms with Gasteiger partial charge in [-0.25, -0.2) is 19.6 Å².